The molecule has 1 heterocycles. The minimum atomic E-state index is -3.62. The van der Waals surface area contributed by atoms with Crippen LogP contribution in [0.3, 0.4) is 0 Å². The van der Waals surface area contributed by atoms with Crippen LogP contribution in [0.15, 0.2) is 65.7 Å². The van der Waals surface area contributed by atoms with Crippen LogP contribution < -0.4 is 4.72 Å². The van der Waals surface area contributed by atoms with Crippen molar-refractivity contribution in [1.29, 1.82) is 0 Å². The highest BCUT2D eigenvalue weighted by Gasteiger charge is 2.14. The molecule has 0 saturated carbocycles. The Kier molecular flexibility index (Phi) is 3.53. The van der Waals surface area contributed by atoms with E-state index in [4.69, 9.17) is 11.6 Å². The van der Waals surface area contributed by atoms with Gasteiger partial charge in [0.1, 0.15) is 0 Å². The Hall–Kier alpha value is -2.11. The molecule has 0 unspecified atom stereocenters. The largest absolute Gasteiger partial charge is 0.278 e. The van der Waals surface area contributed by atoms with Crippen molar-refractivity contribution in [1.82, 2.24) is 4.98 Å². The molecule has 0 amide bonds. The summed E-state index contributed by atoms with van der Waals surface area (Å²) in [6.07, 6.45) is 1.45. The van der Waals surface area contributed by atoms with E-state index >= 15 is 0 Å². The van der Waals surface area contributed by atoms with Crippen molar-refractivity contribution >= 4 is 38.2 Å². The third-order valence-corrected chi connectivity index (χ3v) is 4.67. The zero-order valence-corrected chi connectivity index (χ0v) is 12.4. The molecule has 3 rings (SSSR count). The van der Waals surface area contributed by atoms with E-state index < -0.39 is 10.0 Å². The van der Waals surface area contributed by atoms with Crippen LogP contribution in [-0.2, 0) is 10.0 Å². The number of sulfonamides is 1. The third-order valence-electron chi connectivity index (χ3n) is 2.97. The van der Waals surface area contributed by atoms with Crippen LogP contribution in [0.4, 0.5) is 5.69 Å². The Balaban J connectivity index is 1.99. The van der Waals surface area contributed by atoms with Gasteiger partial charge in [0.25, 0.3) is 10.0 Å². The highest BCUT2D eigenvalue weighted by Crippen LogP contribution is 2.24. The summed E-state index contributed by atoms with van der Waals surface area (Å²) in [4.78, 5) is 4.40. The van der Waals surface area contributed by atoms with Gasteiger partial charge in [-0.1, -0.05) is 41.9 Å². The van der Waals surface area contributed by atoms with Gasteiger partial charge in [-0.2, -0.15) is 0 Å². The lowest BCUT2D eigenvalue weighted by Gasteiger charge is -2.08. The SMILES string of the molecule is O=S(=O)(Nc1cnc2c(Cl)cccc2c1)c1ccccc1. The zero-order chi connectivity index (χ0) is 14.9. The van der Waals surface area contributed by atoms with E-state index in [2.05, 4.69) is 9.71 Å². The van der Waals surface area contributed by atoms with E-state index in [9.17, 15) is 8.42 Å². The third kappa shape index (κ3) is 2.84. The first-order valence-corrected chi connectivity index (χ1v) is 8.04. The molecule has 0 aliphatic heterocycles. The van der Waals surface area contributed by atoms with E-state index in [0.717, 1.165) is 5.39 Å². The van der Waals surface area contributed by atoms with Crippen LogP contribution in [-0.4, -0.2) is 13.4 Å². The van der Waals surface area contributed by atoms with Gasteiger partial charge in [-0.15, -0.1) is 0 Å². The molecule has 0 aliphatic rings. The van der Waals surface area contributed by atoms with Crippen LogP contribution in [0, 0.1) is 0 Å². The number of nitrogens with zero attached hydrogens (tertiary/aromatic N) is 1. The number of rotatable bonds is 3. The van der Waals surface area contributed by atoms with Crippen LogP contribution >= 0.6 is 11.6 Å². The highest BCUT2D eigenvalue weighted by atomic mass is 35.5. The highest BCUT2D eigenvalue weighted by molar-refractivity contribution is 7.92. The number of para-hydroxylation sites is 1. The van der Waals surface area contributed by atoms with Gasteiger partial charge in [0, 0.05) is 5.39 Å². The molecule has 2 aromatic carbocycles. The molecule has 21 heavy (non-hydrogen) atoms. The molecule has 106 valence electrons. The number of halogens is 1. The van der Waals surface area contributed by atoms with Gasteiger partial charge in [-0.3, -0.25) is 9.71 Å². The maximum absolute atomic E-state index is 12.2. The Morgan fingerprint density at radius 2 is 1.76 bits per heavy atom. The van der Waals surface area contributed by atoms with Crippen molar-refractivity contribution in [2.45, 2.75) is 4.90 Å². The number of hydrogen-bond acceptors (Lipinski definition) is 3. The van der Waals surface area contributed by atoms with E-state index in [1.807, 2.05) is 6.07 Å². The van der Waals surface area contributed by atoms with Gasteiger partial charge < -0.3 is 0 Å². The van der Waals surface area contributed by atoms with E-state index in [-0.39, 0.29) is 4.90 Å². The second-order valence-corrected chi connectivity index (χ2v) is 6.54. The standard InChI is InChI=1S/C15H11ClN2O2S/c16-14-8-4-5-11-9-12(10-17-15(11)14)18-21(19,20)13-6-2-1-3-7-13/h1-10,18H. The van der Waals surface area contributed by atoms with Gasteiger partial charge in [-0.05, 0) is 24.3 Å². The van der Waals surface area contributed by atoms with E-state index in [1.165, 1.54) is 18.3 Å². The number of aromatic nitrogens is 1. The smallest absolute Gasteiger partial charge is 0.261 e. The summed E-state index contributed by atoms with van der Waals surface area (Å²) >= 11 is 6.04. The molecule has 6 heteroatoms. The van der Waals surface area contributed by atoms with E-state index in [1.54, 1.807) is 36.4 Å². The molecule has 0 radical (unpaired) electrons. The summed E-state index contributed by atoms with van der Waals surface area (Å²) in [5.74, 6) is 0. The summed E-state index contributed by atoms with van der Waals surface area (Å²) in [6.45, 7) is 0. The minimum Gasteiger partial charge on any atom is -0.278 e. The summed E-state index contributed by atoms with van der Waals surface area (Å²) in [6, 6.07) is 15.2. The predicted octanol–water partition coefficient (Wildman–Crippen LogP) is 3.69. The molecule has 4 nitrogen and oxygen atoms in total. The Morgan fingerprint density at radius 3 is 2.52 bits per heavy atom. The second kappa shape index (κ2) is 5.35. The summed E-state index contributed by atoms with van der Waals surface area (Å²) in [7, 11) is -3.62. The number of fused-ring (bicyclic) bond motifs is 1. The molecule has 1 N–H and O–H groups in total. The van der Waals surface area contributed by atoms with Crippen molar-refractivity contribution in [3.05, 3.63) is 65.8 Å². The van der Waals surface area contributed by atoms with Crippen molar-refractivity contribution in [3.8, 4) is 0 Å². The Labute approximate surface area is 127 Å². The lowest BCUT2D eigenvalue weighted by molar-refractivity contribution is 0.601. The average Bonchev–Trinajstić information content (AvgIpc) is 2.48. The summed E-state index contributed by atoms with van der Waals surface area (Å²) in [5.41, 5.74) is 1.04. The first-order chi connectivity index (χ1) is 10.1. The van der Waals surface area contributed by atoms with Gasteiger partial charge in [0.2, 0.25) is 0 Å². The van der Waals surface area contributed by atoms with Crippen molar-refractivity contribution < 1.29 is 8.42 Å². The fourth-order valence-electron chi connectivity index (χ4n) is 1.99. The van der Waals surface area contributed by atoms with Crippen molar-refractivity contribution in [3.63, 3.8) is 0 Å². The second-order valence-electron chi connectivity index (χ2n) is 4.45. The predicted molar refractivity (Wildman–Crippen MR) is 84.0 cm³/mol. The number of anilines is 1. The summed E-state index contributed by atoms with van der Waals surface area (Å²) in [5, 5.41) is 1.31. The fraction of sp³-hybridized carbons (Fsp3) is 0. The minimum absolute atomic E-state index is 0.205. The Morgan fingerprint density at radius 1 is 1.00 bits per heavy atom. The lowest BCUT2D eigenvalue weighted by Crippen LogP contribution is -2.12. The maximum atomic E-state index is 12.2. The quantitative estimate of drug-likeness (QED) is 0.801. The van der Waals surface area contributed by atoms with Gasteiger partial charge in [0.15, 0.2) is 0 Å². The van der Waals surface area contributed by atoms with Crippen LogP contribution in [0.2, 0.25) is 5.02 Å². The van der Waals surface area contributed by atoms with Crippen LogP contribution in [0.5, 0.6) is 0 Å². The van der Waals surface area contributed by atoms with Crippen LogP contribution in [0.25, 0.3) is 10.9 Å². The van der Waals surface area contributed by atoms with Crippen molar-refractivity contribution in [2.75, 3.05) is 4.72 Å². The molecule has 0 saturated heterocycles. The first kappa shape index (κ1) is 13.9. The fourth-order valence-corrected chi connectivity index (χ4v) is 3.28. The summed E-state index contributed by atoms with van der Waals surface area (Å²) < 4.78 is 27.0. The first-order valence-electron chi connectivity index (χ1n) is 6.18. The number of pyridine rings is 1. The number of benzene rings is 2. The van der Waals surface area contributed by atoms with Crippen molar-refractivity contribution in [2.24, 2.45) is 0 Å². The topological polar surface area (TPSA) is 59.1 Å². The molecular formula is C15H11ClN2O2S. The number of nitrogens with one attached hydrogen (secondary N) is 1. The van der Waals surface area contributed by atoms with E-state index in [0.29, 0.717) is 16.2 Å². The molecule has 0 atom stereocenters. The monoisotopic (exact) mass is 318 g/mol. The molecule has 0 fully saturated rings. The average molecular weight is 319 g/mol. The number of hydrogen-bond donors (Lipinski definition) is 1. The molecule has 0 aliphatic carbocycles. The normalized spacial score (nSPS) is 11.5. The molecule has 1 aromatic heterocycles. The van der Waals surface area contributed by atoms with Gasteiger partial charge in [0.05, 0.1) is 27.3 Å². The molecule has 3 aromatic rings. The zero-order valence-electron chi connectivity index (χ0n) is 10.8. The molecule has 0 spiro atoms. The van der Waals surface area contributed by atoms with Gasteiger partial charge in [-0.25, -0.2) is 8.42 Å². The van der Waals surface area contributed by atoms with Crippen LogP contribution in [0.1, 0.15) is 0 Å². The maximum Gasteiger partial charge on any atom is 0.261 e. The molecule has 0 bridgehead atoms. The lowest BCUT2D eigenvalue weighted by atomic mass is 10.2. The van der Waals surface area contributed by atoms with Gasteiger partial charge >= 0.3 is 0 Å². The Bertz CT molecular complexity index is 896. The molecular weight excluding hydrogens is 308 g/mol.